The Morgan fingerprint density at radius 2 is 2.29 bits per heavy atom. The highest BCUT2D eigenvalue weighted by molar-refractivity contribution is 6.05. The van der Waals surface area contributed by atoms with Crippen molar-refractivity contribution in [1.82, 2.24) is 0 Å². The zero-order valence-corrected chi connectivity index (χ0v) is 7.92. The van der Waals surface area contributed by atoms with Crippen molar-refractivity contribution in [3.05, 3.63) is 23.8 Å². The van der Waals surface area contributed by atoms with Crippen LogP contribution in [0.3, 0.4) is 0 Å². The lowest BCUT2D eigenvalue weighted by Gasteiger charge is -2.15. The zero-order chi connectivity index (χ0) is 9.54. The molecule has 0 spiro atoms. The molecule has 1 N–H and O–H groups in total. The van der Waals surface area contributed by atoms with E-state index in [0.29, 0.717) is 6.42 Å². The molecule has 0 fully saturated rings. The van der Waals surface area contributed by atoms with Gasteiger partial charge in [-0.25, -0.2) is 0 Å². The third-order valence-electron chi connectivity index (χ3n) is 2.91. The minimum absolute atomic E-state index is 0.246. The molecule has 1 amide bonds. The molecule has 2 aliphatic rings. The Hall–Kier alpha value is -1.51. The van der Waals surface area contributed by atoms with Crippen molar-refractivity contribution < 1.29 is 4.79 Å². The van der Waals surface area contributed by atoms with E-state index < -0.39 is 0 Å². The van der Waals surface area contributed by atoms with E-state index in [1.807, 2.05) is 17.0 Å². The number of nitrogens with one attached hydrogen (secondary N) is 1. The van der Waals surface area contributed by atoms with Crippen molar-refractivity contribution in [1.29, 1.82) is 0 Å². The van der Waals surface area contributed by atoms with Gasteiger partial charge < -0.3 is 10.2 Å². The number of carbonyl (C=O) groups is 1. The molecule has 0 radical (unpaired) electrons. The van der Waals surface area contributed by atoms with E-state index >= 15 is 0 Å². The summed E-state index contributed by atoms with van der Waals surface area (Å²) in [4.78, 5) is 13.6. The first-order valence-electron chi connectivity index (χ1n) is 5.02. The summed E-state index contributed by atoms with van der Waals surface area (Å²) in [7, 11) is 0. The molecule has 3 rings (SSSR count). The molecule has 2 heterocycles. The summed E-state index contributed by atoms with van der Waals surface area (Å²) in [6, 6.07) is 6.11. The highest BCUT2D eigenvalue weighted by Crippen LogP contribution is 2.37. The van der Waals surface area contributed by atoms with Crippen LogP contribution in [0.1, 0.15) is 12.0 Å². The Morgan fingerprint density at radius 3 is 3.21 bits per heavy atom. The fourth-order valence-electron chi connectivity index (χ4n) is 2.28. The minimum atomic E-state index is 0.246. The normalized spacial score (nSPS) is 18.9. The highest BCUT2D eigenvalue weighted by atomic mass is 16.2. The van der Waals surface area contributed by atoms with Crippen molar-refractivity contribution in [3.63, 3.8) is 0 Å². The van der Waals surface area contributed by atoms with Crippen LogP contribution in [0, 0.1) is 0 Å². The van der Waals surface area contributed by atoms with E-state index in [-0.39, 0.29) is 5.91 Å². The fraction of sp³-hybridized carbons (Fsp3) is 0.364. The topological polar surface area (TPSA) is 32.3 Å². The second-order valence-corrected chi connectivity index (χ2v) is 3.82. The summed E-state index contributed by atoms with van der Waals surface area (Å²) in [6.45, 7) is 1.82. The predicted octanol–water partition coefficient (Wildman–Crippen LogP) is 1.39. The predicted molar refractivity (Wildman–Crippen MR) is 55.6 cm³/mol. The number of carbonyl (C=O) groups excluding carboxylic acids is 1. The third kappa shape index (κ3) is 0.953. The van der Waals surface area contributed by atoms with Gasteiger partial charge in [0.2, 0.25) is 5.91 Å². The van der Waals surface area contributed by atoms with E-state index in [2.05, 4.69) is 11.4 Å². The van der Waals surface area contributed by atoms with Crippen LogP contribution in [0.15, 0.2) is 18.2 Å². The Labute approximate surface area is 82.7 Å². The Bertz CT molecular complexity index is 400. The Morgan fingerprint density at radius 1 is 1.36 bits per heavy atom. The van der Waals surface area contributed by atoms with Crippen molar-refractivity contribution in [2.24, 2.45) is 0 Å². The van der Waals surface area contributed by atoms with Gasteiger partial charge in [-0.3, -0.25) is 4.79 Å². The summed E-state index contributed by atoms with van der Waals surface area (Å²) < 4.78 is 0. The first kappa shape index (κ1) is 7.85. The highest BCUT2D eigenvalue weighted by Gasteiger charge is 2.30. The molecule has 0 bridgehead atoms. The van der Waals surface area contributed by atoms with Gasteiger partial charge >= 0.3 is 0 Å². The monoisotopic (exact) mass is 188 g/mol. The maximum atomic E-state index is 11.7. The Balaban J connectivity index is 2.20. The summed E-state index contributed by atoms with van der Waals surface area (Å²) in [5.41, 5.74) is 3.41. The minimum Gasteiger partial charge on any atom is -0.383 e. The SMILES string of the molecule is O=C1Cc2cccc3c2N1CCCN3. The molecule has 0 aromatic heterocycles. The van der Waals surface area contributed by atoms with Gasteiger partial charge in [0.1, 0.15) is 0 Å². The molecule has 0 saturated heterocycles. The van der Waals surface area contributed by atoms with Crippen LogP contribution >= 0.6 is 0 Å². The molecule has 1 aromatic carbocycles. The zero-order valence-electron chi connectivity index (χ0n) is 7.92. The summed E-state index contributed by atoms with van der Waals surface area (Å²) in [6.07, 6.45) is 1.60. The first-order valence-corrected chi connectivity index (χ1v) is 5.02. The number of anilines is 2. The maximum absolute atomic E-state index is 11.7. The lowest BCUT2D eigenvalue weighted by molar-refractivity contribution is -0.117. The molecule has 14 heavy (non-hydrogen) atoms. The van der Waals surface area contributed by atoms with Crippen LogP contribution in [0.4, 0.5) is 11.4 Å². The largest absolute Gasteiger partial charge is 0.383 e. The molecule has 0 saturated carbocycles. The molecule has 0 unspecified atom stereocenters. The average Bonchev–Trinajstić information content (AvgIpc) is 2.39. The van der Waals surface area contributed by atoms with Crippen molar-refractivity contribution in [2.45, 2.75) is 12.8 Å². The number of rotatable bonds is 0. The third-order valence-corrected chi connectivity index (χ3v) is 2.91. The lowest BCUT2D eigenvalue weighted by atomic mass is 10.1. The molecule has 0 atom stereocenters. The van der Waals surface area contributed by atoms with Crippen molar-refractivity contribution >= 4 is 17.3 Å². The lowest BCUT2D eigenvalue weighted by Crippen LogP contribution is -2.27. The van der Waals surface area contributed by atoms with Gasteiger partial charge in [0.25, 0.3) is 0 Å². The molecule has 2 aliphatic heterocycles. The average molecular weight is 188 g/mol. The van der Waals surface area contributed by atoms with E-state index in [9.17, 15) is 4.79 Å². The molecule has 0 aliphatic carbocycles. The quantitative estimate of drug-likeness (QED) is 0.667. The maximum Gasteiger partial charge on any atom is 0.231 e. The fourth-order valence-corrected chi connectivity index (χ4v) is 2.28. The number of para-hydroxylation sites is 1. The van der Waals surface area contributed by atoms with Gasteiger partial charge in [0.15, 0.2) is 0 Å². The molecule has 72 valence electrons. The van der Waals surface area contributed by atoms with Gasteiger partial charge in [0.05, 0.1) is 17.8 Å². The number of hydrogen-bond donors (Lipinski definition) is 1. The number of nitrogens with zero attached hydrogens (tertiary/aromatic N) is 1. The van der Waals surface area contributed by atoms with Gasteiger partial charge in [0, 0.05) is 13.1 Å². The van der Waals surface area contributed by atoms with Gasteiger partial charge in [-0.15, -0.1) is 0 Å². The number of amides is 1. The summed E-state index contributed by atoms with van der Waals surface area (Å²) in [5.74, 6) is 0.246. The molecule has 3 nitrogen and oxygen atoms in total. The van der Waals surface area contributed by atoms with Crippen molar-refractivity contribution in [2.75, 3.05) is 23.3 Å². The van der Waals surface area contributed by atoms with Gasteiger partial charge in [-0.05, 0) is 18.1 Å². The first-order chi connectivity index (χ1) is 6.86. The van der Waals surface area contributed by atoms with Gasteiger partial charge in [-0.1, -0.05) is 12.1 Å². The van der Waals surface area contributed by atoms with Gasteiger partial charge in [-0.2, -0.15) is 0 Å². The second kappa shape index (κ2) is 2.74. The van der Waals surface area contributed by atoms with Crippen LogP contribution in [0.5, 0.6) is 0 Å². The second-order valence-electron chi connectivity index (χ2n) is 3.82. The van der Waals surface area contributed by atoms with E-state index in [1.165, 1.54) is 5.56 Å². The van der Waals surface area contributed by atoms with Crippen LogP contribution < -0.4 is 10.2 Å². The van der Waals surface area contributed by atoms with Crippen LogP contribution in [-0.2, 0) is 11.2 Å². The molecule has 3 heteroatoms. The van der Waals surface area contributed by atoms with Crippen LogP contribution in [0.25, 0.3) is 0 Å². The Kier molecular flexibility index (Phi) is 1.54. The van der Waals surface area contributed by atoms with E-state index in [0.717, 1.165) is 30.9 Å². The van der Waals surface area contributed by atoms with E-state index in [1.54, 1.807) is 0 Å². The standard InChI is InChI=1S/C11H12N2O/c14-10-7-8-3-1-4-9-11(8)13(10)6-2-5-12-9/h1,3-4,12H,2,5-7H2. The summed E-state index contributed by atoms with van der Waals surface area (Å²) in [5, 5.41) is 3.36. The van der Waals surface area contributed by atoms with Crippen LogP contribution in [-0.4, -0.2) is 19.0 Å². The smallest absolute Gasteiger partial charge is 0.231 e. The van der Waals surface area contributed by atoms with E-state index in [4.69, 9.17) is 0 Å². The number of benzene rings is 1. The molecular formula is C11H12N2O. The van der Waals surface area contributed by atoms with Crippen molar-refractivity contribution in [3.8, 4) is 0 Å². The molecule has 1 aromatic rings. The molecular weight excluding hydrogens is 176 g/mol. The summed E-state index contributed by atoms with van der Waals surface area (Å²) >= 11 is 0. The number of hydrogen-bond acceptors (Lipinski definition) is 2. The van der Waals surface area contributed by atoms with Crippen LogP contribution in [0.2, 0.25) is 0 Å².